The molecule has 20 heavy (non-hydrogen) atoms. The molecule has 110 valence electrons. The van der Waals surface area contributed by atoms with Gasteiger partial charge in [0.2, 0.25) is 5.91 Å². The molecule has 0 saturated carbocycles. The van der Waals surface area contributed by atoms with E-state index in [9.17, 15) is 9.59 Å². The highest BCUT2D eigenvalue weighted by atomic mass is 16.4. The fraction of sp³-hybridized carbons (Fsp3) is 0.500. The third-order valence-corrected chi connectivity index (χ3v) is 3.20. The van der Waals surface area contributed by atoms with Crippen LogP contribution in [0.5, 0.6) is 0 Å². The van der Waals surface area contributed by atoms with E-state index in [2.05, 4.69) is 10.4 Å². The van der Waals surface area contributed by atoms with Crippen LogP contribution in [0.15, 0.2) is 6.08 Å². The molecule has 6 heteroatoms. The number of hydrogen-bond donors (Lipinski definition) is 2. The Bertz CT molecular complexity index is 544. The van der Waals surface area contributed by atoms with E-state index in [1.165, 1.54) is 6.08 Å². The van der Waals surface area contributed by atoms with Gasteiger partial charge in [0.15, 0.2) is 0 Å². The molecule has 1 amide bonds. The Hall–Kier alpha value is -2.11. The lowest BCUT2D eigenvalue weighted by molar-refractivity contribution is -0.142. The monoisotopic (exact) mass is 279 g/mol. The maximum Gasteiger partial charge on any atom is 0.326 e. The summed E-state index contributed by atoms with van der Waals surface area (Å²) in [4.78, 5) is 22.8. The normalized spacial score (nSPS) is 12.9. The van der Waals surface area contributed by atoms with Crippen LogP contribution in [0.3, 0.4) is 0 Å². The smallest absolute Gasteiger partial charge is 0.326 e. The Kier molecular flexibility index (Phi) is 5.07. The largest absolute Gasteiger partial charge is 0.480 e. The minimum atomic E-state index is -1.03. The van der Waals surface area contributed by atoms with E-state index >= 15 is 0 Å². The number of carbonyl (C=O) groups excluding carboxylic acids is 1. The van der Waals surface area contributed by atoms with Gasteiger partial charge in [-0.3, -0.25) is 9.48 Å². The van der Waals surface area contributed by atoms with Crippen molar-refractivity contribution in [2.24, 2.45) is 13.0 Å². The molecule has 0 aliphatic rings. The second-order valence-electron chi connectivity index (χ2n) is 5.11. The van der Waals surface area contributed by atoms with Gasteiger partial charge in [0.1, 0.15) is 6.04 Å². The van der Waals surface area contributed by atoms with Crippen molar-refractivity contribution in [3.8, 4) is 0 Å². The number of nitrogens with zero attached hydrogens (tertiary/aromatic N) is 2. The maximum atomic E-state index is 11.8. The van der Waals surface area contributed by atoms with Crippen molar-refractivity contribution in [3.63, 3.8) is 0 Å². The summed E-state index contributed by atoms with van der Waals surface area (Å²) in [6.07, 6.45) is 3.00. The second-order valence-corrected chi connectivity index (χ2v) is 5.11. The molecule has 0 aliphatic carbocycles. The van der Waals surface area contributed by atoms with Crippen LogP contribution >= 0.6 is 0 Å². The first kappa shape index (κ1) is 15.9. The van der Waals surface area contributed by atoms with E-state index < -0.39 is 17.9 Å². The van der Waals surface area contributed by atoms with E-state index in [1.807, 2.05) is 20.9 Å². The number of carboxylic acid groups (broad SMARTS) is 1. The summed E-state index contributed by atoms with van der Waals surface area (Å²) in [5.74, 6) is -1.63. The molecule has 0 aromatic carbocycles. The maximum absolute atomic E-state index is 11.8. The number of nitrogens with one attached hydrogen (secondary N) is 1. The molecule has 6 nitrogen and oxygen atoms in total. The molecule has 0 aliphatic heterocycles. The summed E-state index contributed by atoms with van der Waals surface area (Å²) in [5, 5.41) is 15.7. The van der Waals surface area contributed by atoms with Crippen molar-refractivity contribution < 1.29 is 14.7 Å². The molecule has 1 atom stereocenters. The summed E-state index contributed by atoms with van der Waals surface area (Å²) >= 11 is 0. The predicted molar refractivity (Wildman–Crippen MR) is 76.1 cm³/mol. The molecule has 2 N–H and O–H groups in total. The number of aliphatic carboxylic acids is 1. The Morgan fingerprint density at radius 2 is 1.95 bits per heavy atom. The van der Waals surface area contributed by atoms with Crippen LogP contribution in [0, 0.1) is 19.8 Å². The molecule has 1 aromatic heterocycles. The van der Waals surface area contributed by atoms with E-state index in [-0.39, 0.29) is 5.92 Å². The fourth-order valence-electron chi connectivity index (χ4n) is 1.91. The van der Waals surface area contributed by atoms with Crippen LogP contribution in [0.2, 0.25) is 0 Å². The predicted octanol–water partition coefficient (Wildman–Crippen LogP) is 1.28. The van der Waals surface area contributed by atoms with Gasteiger partial charge in [0.05, 0.1) is 5.69 Å². The number of rotatable bonds is 5. The zero-order valence-corrected chi connectivity index (χ0v) is 12.5. The van der Waals surface area contributed by atoms with Crippen LogP contribution in [0.1, 0.15) is 30.8 Å². The van der Waals surface area contributed by atoms with Gasteiger partial charge in [0.25, 0.3) is 0 Å². The zero-order chi connectivity index (χ0) is 15.4. The van der Waals surface area contributed by atoms with E-state index in [1.54, 1.807) is 24.6 Å². The van der Waals surface area contributed by atoms with Gasteiger partial charge in [-0.15, -0.1) is 0 Å². The number of hydrogen-bond acceptors (Lipinski definition) is 3. The first-order valence-corrected chi connectivity index (χ1v) is 6.45. The summed E-state index contributed by atoms with van der Waals surface area (Å²) in [5.41, 5.74) is 2.65. The third-order valence-electron chi connectivity index (χ3n) is 3.20. The summed E-state index contributed by atoms with van der Waals surface area (Å²) in [6, 6.07) is -0.886. The van der Waals surface area contributed by atoms with Crippen molar-refractivity contribution in [1.29, 1.82) is 0 Å². The Labute approximate surface area is 118 Å². The lowest BCUT2D eigenvalue weighted by Crippen LogP contribution is -2.43. The summed E-state index contributed by atoms with van der Waals surface area (Å²) in [6.45, 7) is 7.26. The minimum absolute atomic E-state index is 0.174. The van der Waals surface area contributed by atoms with Crippen molar-refractivity contribution in [1.82, 2.24) is 15.1 Å². The molecule has 0 fully saturated rings. The highest BCUT2D eigenvalue weighted by Gasteiger charge is 2.22. The minimum Gasteiger partial charge on any atom is -0.480 e. The van der Waals surface area contributed by atoms with E-state index in [4.69, 9.17) is 5.11 Å². The third kappa shape index (κ3) is 3.69. The van der Waals surface area contributed by atoms with Gasteiger partial charge in [-0.2, -0.15) is 5.10 Å². The van der Waals surface area contributed by atoms with E-state index in [0.29, 0.717) is 0 Å². The zero-order valence-electron chi connectivity index (χ0n) is 12.5. The molecule has 0 bridgehead atoms. The molecule has 0 saturated heterocycles. The van der Waals surface area contributed by atoms with Gasteiger partial charge in [-0.1, -0.05) is 13.8 Å². The van der Waals surface area contributed by atoms with Gasteiger partial charge in [-0.05, 0) is 25.8 Å². The molecular weight excluding hydrogens is 258 g/mol. The average molecular weight is 279 g/mol. The topological polar surface area (TPSA) is 84.2 Å². The molecule has 1 aromatic rings. The second kappa shape index (κ2) is 6.36. The van der Waals surface area contributed by atoms with Crippen molar-refractivity contribution in [2.45, 2.75) is 33.7 Å². The Balaban J connectivity index is 2.80. The molecule has 1 unspecified atom stereocenters. The fourth-order valence-corrected chi connectivity index (χ4v) is 1.91. The standard InChI is InChI=1S/C14H21N3O3/c1-8(2)13(14(19)20)15-12(18)7-6-11-9(3)16-17(5)10(11)4/h6-8,13H,1-5H3,(H,15,18)(H,19,20)/b7-6+. The number of aromatic nitrogens is 2. The van der Waals surface area contributed by atoms with Crippen LogP contribution < -0.4 is 5.32 Å². The summed E-state index contributed by atoms with van der Waals surface area (Å²) < 4.78 is 1.74. The van der Waals surface area contributed by atoms with Crippen LogP contribution in [-0.2, 0) is 16.6 Å². The molecule has 0 radical (unpaired) electrons. The number of aryl methyl sites for hydroxylation is 2. The van der Waals surface area contributed by atoms with Crippen LogP contribution in [0.25, 0.3) is 6.08 Å². The van der Waals surface area contributed by atoms with Crippen molar-refractivity contribution in [3.05, 3.63) is 23.0 Å². The first-order chi connectivity index (χ1) is 9.23. The average Bonchev–Trinajstić information content (AvgIpc) is 2.57. The van der Waals surface area contributed by atoms with Crippen LogP contribution in [0.4, 0.5) is 0 Å². The van der Waals surface area contributed by atoms with Gasteiger partial charge >= 0.3 is 5.97 Å². The van der Waals surface area contributed by atoms with Crippen LogP contribution in [-0.4, -0.2) is 32.8 Å². The van der Waals surface area contributed by atoms with Gasteiger partial charge in [0, 0.05) is 24.4 Å². The lowest BCUT2D eigenvalue weighted by Gasteiger charge is -2.16. The number of carbonyl (C=O) groups is 2. The first-order valence-electron chi connectivity index (χ1n) is 6.45. The lowest BCUT2D eigenvalue weighted by atomic mass is 10.0. The quantitative estimate of drug-likeness (QED) is 0.795. The van der Waals surface area contributed by atoms with Crippen molar-refractivity contribution in [2.75, 3.05) is 0 Å². The highest BCUT2D eigenvalue weighted by Crippen LogP contribution is 2.13. The Morgan fingerprint density at radius 1 is 1.35 bits per heavy atom. The summed E-state index contributed by atoms with van der Waals surface area (Å²) in [7, 11) is 1.83. The molecule has 1 heterocycles. The van der Waals surface area contributed by atoms with E-state index in [0.717, 1.165) is 17.0 Å². The van der Waals surface area contributed by atoms with Gasteiger partial charge in [-0.25, -0.2) is 4.79 Å². The molecule has 0 spiro atoms. The SMILES string of the molecule is Cc1nn(C)c(C)c1/C=C/C(=O)NC(C(=O)O)C(C)C. The van der Waals surface area contributed by atoms with Gasteiger partial charge < -0.3 is 10.4 Å². The number of amides is 1. The highest BCUT2D eigenvalue weighted by molar-refractivity contribution is 5.94. The molecule has 1 rings (SSSR count). The molecular formula is C14H21N3O3. The Morgan fingerprint density at radius 3 is 2.35 bits per heavy atom. The van der Waals surface area contributed by atoms with Crippen molar-refractivity contribution >= 4 is 18.0 Å². The number of carboxylic acids is 1.